The molecule has 144 valence electrons. The summed E-state index contributed by atoms with van der Waals surface area (Å²) in [7, 11) is 0. The Morgan fingerprint density at radius 2 is 1.69 bits per heavy atom. The molecule has 0 atom stereocenters. The van der Waals surface area contributed by atoms with E-state index in [0.29, 0.717) is 5.56 Å². The van der Waals surface area contributed by atoms with Crippen molar-refractivity contribution in [2.75, 3.05) is 13.2 Å². The molecular weight excluding hydrogens is 365 g/mol. The lowest BCUT2D eigenvalue weighted by Crippen LogP contribution is -2.26. The highest BCUT2D eigenvalue weighted by atomic mass is 19.1. The summed E-state index contributed by atoms with van der Waals surface area (Å²) in [5.74, 6) is 5.40. The van der Waals surface area contributed by atoms with Gasteiger partial charge >= 0.3 is 6.09 Å². The number of carbonyl (C=O) groups excluding carboxylic acids is 1. The molecule has 0 bridgehead atoms. The number of halogens is 1. The molecule has 1 aliphatic carbocycles. The second-order valence-electron chi connectivity index (χ2n) is 6.94. The van der Waals surface area contributed by atoms with Gasteiger partial charge in [0.2, 0.25) is 0 Å². The summed E-state index contributed by atoms with van der Waals surface area (Å²) >= 11 is 0. The first-order chi connectivity index (χ1) is 14.1. The van der Waals surface area contributed by atoms with Gasteiger partial charge in [-0.3, -0.25) is 0 Å². The Balaban J connectivity index is 1.36. The Kier molecular flexibility index (Phi) is 5.31. The smallest absolute Gasteiger partial charge is 0.407 e. The van der Waals surface area contributed by atoms with Crippen molar-refractivity contribution in [2.24, 2.45) is 0 Å². The lowest BCUT2D eigenvalue weighted by molar-refractivity contribution is 0.144. The van der Waals surface area contributed by atoms with E-state index in [9.17, 15) is 9.18 Å². The predicted octanol–water partition coefficient (Wildman–Crippen LogP) is 5.02. The molecule has 1 aliphatic rings. The molecule has 0 unspecified atom stereocenters. The third kappa shape index (κ3) is 4.00. The third-order valence-corrected chi connectivity index (χ3v) is 5.09. The standard InChI is InChI=1S/C25H20FNO2/c1-17-12-13-19(26)15-18(17)7-6-14-27-25(28)29-16-24-22-10-4-2-8-20(22)21-9-3-5-11-23(21)24/h2-5,8-13,15,24H,14,16H2,1H3,(H,27,28). The van der Waals surface area contributed by atoms with E-state index in [-0.39, 0.29) is 24.9 Å². The van der Waals surface area contributed by atoms with Gasteiger partial charge in [0.1, 0.15) is 12.4 Å². The summed E-state index contributed by atoms with van der Waals surface area (Å²) in [6.45, 7) is 2.26. The van der Waals surface area contributed by atoms with E-state index >= 15 is 0 Å². The fraction of sp³-hybridized carbons (Fsp3) is 0.160. The van der Waals surface area contributed by atoms with Gasteiger partial charge in [0.25, 0.3) is 0 Å². The SMILES string of the molecule is Cc1ccc(F)cc1C#CCNC(=O)OCC1c2ccccc2-c2ccccc21. The van der Waals surface area contributed by atoms with Crippen LogP contribution in [0.3, 0.4) is 0 Å². The fourth-order valence-corrected chi connectivity index (χ4v) is 3.63. The molecule has 29 heavy (non-hydrogen) atoms. The van der Waals surface area contributed by atoms with E-state index < -0.39 is 6.09 Å². The molecule has 0 radical (unpaired) electrons. The van der Waals surface area contributed by atoms with Gasteiger partial charge in [-0.2, -0.15) is 0 Å². The monoisotopic (exact) mass is 385 g/mol. The number of hydrogen-bond donors (Lipinski definition) is 1. The van der Waals surface area contributed by atoms with E-state index in [1.165, 1.54) is 34.4 Å². The Hall–Kier alpha value is -3.58. The molecule has 3 aromatic rings. The minimum Gasteiger partial charge on any atom is -0.449 e. The number of carbonyl (C=O) groups is 1. The van der Waals surface area contributed by atoms with E-state index in [1.807, 2.05) is 31.2 Å². The Morgan fingerprint density at radius 1 is 1.03 bits per heavy atom. The molecule has 0 heterocycles. The highest BCUT2D eigenvalue weighted by Crippen LogP contribution is 2.44. The lowest BCUT2D eigenvalue weighted by Gasteiger charge is -2.14. The molecule has 3 nitrogen and oxygen atoms in total. The highest BCUT2D eigenvalue weighted by molar-refractivity contribution is 5.79. The van der Waals surface area contributed by atoms with E-state index in [2.05, 4.69) is 41.4 Å². The third-order valence-electron chi connectivity index (χ3n) is 5.09. The second-order valence-corrected chi connectivity index (χ2v) is 6.94. The molecule has 1 amide bonds. The Morgan fingerprint density at radius 3 is 2.38 bits per heavy atom. The van der Waals surface area contributed by atoms with Crippen molar-refractivity contribution < 1.29 is 13.9 Å². The minimum absolute atomic E-state index is 0.0224. The summed E-state index contributed by atoms with van der Waals surface area (Å²) in [5.41, 5.74) is 6.21. The lowest BCUT2D eigenvalue weighted by atomic mass is 9.98. The average molecular weight is 385 g/mol. The van der Waals surface area contributed by atoms with E-state index in [0.717, 1.165) is 5.56 Å². The Bertz CT molecular complexity index is 1080. The first-order valence-electron chi connectivity index (χ1n) is 9.47. The van der Waals surface area contributed by atoms with Crippen LogP contribution >= 0.6 is 0 Å². The topological polar surface area (TPSA) is 38.3 Å². The first kappa shape index (κ1) is 18.8. The van der Waals surface area contributed by atoms with Crippen molar-refractivity contribution in [3.63, 3.8) is 0 Å². The van der Waals surface area contributed by atoms with Gasteiger partial charge in [0, 0.05) is 11.5 Å². The van der Waals surface area contributed by atoms with Crippen LogP contribution in [0.2, 0.25) is 0 Å². The maximum absolute atomic E-state index is 13.3. The predicted molar refractivity (Wildman–Crippen MR) is 111 cm³/mol. The Labute approximate surface area is 169 Å². The molecule has 0 aliphatic heterocycles. The summed E-state index contributed by atoms with van der Waals surface area (Å²) in [5, 5.41) is 2.63. The van der Waals surface area contributed by atoms with Crippen molar-refractivity contribution in [3.8, 4) is 23.0 Å². The number of alkyl carbamates (subject to hydrolysis) is 1. The van der Waals surface area contributed by atoms with Gasteiger partial charge in [0.15, 0.2) is 0 Å². The zero-order valence-electron chi connectivity index (χ0n) is 16.0. The van der Waals surface area contributed by atoms with E-state index in [1.54, 1.807) is 6.07 Å². The summed E-state index contributed by atoms with van der Waals surface area (Å²) in [4.78, 5) is 12.1. The normalized spacial score (nSPS) is 11.8. The van der Waals surface area contributed by atoms with Gasteiger partial charge in [0.05, 0.1) is 6.54 Å². The summed E-state index contributed by atoms with van der Waals surface area (Å²) in [6, 6.07) is 20.8. The summed E-state index contributed by atoms with van der Waals surface area (Å²) < 4.78 is 18.7. The van der Waals surface area contributed by atoms with Crippen LogP contribution in [0.1, 0.15) is 28.2 Å². The first-order valence-corrected chi connectivity index (χ1v) is 9.47. The van der Waals surface area contributed by atoms with Gasteiger partial charge in [-0.25, -0.2) is 9.18 Å². The maximum Gasteiger partial charge on any atom is 0.407 e. The van der Waals surface area contributed by atoms with Gasteiger partial charge < -0.3 is 10.1 Å². The van der Waals surface area contributed by atoms with Crippen molar-refractivity contribution in [2.45, 2.75) is 12.8 Å². The van der Waals surface area contributed by atoms with Gasteiger partial charge in [-0.1, -0.05) is 66.4 Å². The van der Waals surface area contributed by atoms with Crippen LogP contribution < -0.4 is 5.32 Å². The number of amides is 1. The van der Waals surface area contributed by atoms with Crippen LogP contribution in [0.4, 0.5) is 9.18 Å². The molecule has 0 saturated heterocycles. The maximum atomic E-state index is 13.3. The molecule has 4 heteroatoms. The average Bonchev–Trinajstić information content (AvgIpc) is 3.06. The summed E-state index contributed by atoms with van der Waals surface area (Å²) in [6.07, 6.45) is -0.517. The number of hydrogen-bond acceptors (Lipinski definition) is 2. The van der Waals surface area contributed by atoms with Gasteiger partial charge in [-0.05, 0) is 46.9 Å². The van der Waals surface area contributed by atoms with Crippen LogP contribution in [-0.4, -0.2) is 19.2 Å². The van der Waals surface area contributed by atoms with Crippen LogP contribution in [0.25, 0.3) is 11.1 Å². The number of fused-ring (bicyclic) bond motifs is 3. The minimum atomic E-state index is -0.517. The van der Waals surface area contributed by atoms with E-state index in [4.69, 9.17) is 4.74 Å². The molecule has 0 spiro atoms. The molecular formula is C25H20FNO2. The number of benzene rings is 3. The zero-order valence-corrected chi connectivity index (χ0v) is 16.0. The molecule has 0 fully saturated rings. The number of rotatable bonds is 3. The zero-order chi connectivity index (χ0) is 20.2. The van der Waals surface area contributed by atoms with Crippen molar-refractivity contribution in [1.29, 1.82) is 0 Å². The molecule has 4 rings (SSSR count). The molecule has 0 saturated carbocycles. The highest BCUT2D eigenvalue weighted by Gasteiger charge is 2.28. The molecule has 3 aromatic carbocycles. The fourth-order valence-electron chi connectivity index (χ4n) is 3.63. The van der Waals surface area contributed by atoms with Crippen molar-refractivity contribution in [3.05, 3.63) is 94.8 Å². The number of nitrogens with one attached hydrogen (secondary N) is 1. The number of aryl methyl sites for hydroxylation is 1. The molecule has 0 aromatic heterocycles. The van der Waals surface area contributed by atoms with Crippen molar-refractivity contribution >= 4 is 6.09 Å². The number of ether oxygens (including phenoxy) is 1. The van der Waals surface area contributed by atoms with Gasteiger partial charge in [-0.15, -0.1) is 0 Å². The van der Waals surface area contributed by atoms with Crippen LogP contribution in [0, 0.1) is 24.6 Å². The molecule has 1 N–H and O–H groups in total. The quantitative estimate of drug-likeness (QED) is 0.643. The second kappa shape index (κ2) is 8.20. The van der Waals surface area contributed by atoms with Crippen LogP contribution in [-0.2, 0) is 4.74 Å². The van der Waals surface area contributed by atoms with Crippen LogP contribution in [0.5, 0.6) is 0 Å². The van der Waals surface area contributed by atoms with Crippen molar-refractivity contribution in [1.82, 2.24) is 5.32 Å². The van der Waals surface area contributed by atoms with Crippen LogP contribution in [0.15, 0.2) is 66.7 Å². The largest absolute Gasteiger partial charge is 0.449 e.